The van der Waals surface area contributed by atoms with Crippen LogP contribution in [-0.4, -0.2) is 50.3 Å². The van der Waals surface area contributed by atoms with E-state index in [1.54, 1.807) is 24.0 Å². The van der Waals surface area contributed by atoms with Gasteiger partial charge in [-0.2, -0.15) is 0 Å². The molecule has 0 radical (unpaired) electrons. The fourth-order valence-corrected chi connectivity index (χ4v) is 6.04. The SMILES string of the molecule is CSc1ccnc(C(C)C)c1N.CSc1ccnc(C(C)C)c1NC(=O)NC(=O)c1cc(Cl)c(Cl)nc1Cl.NC(=O)c1cc(Cl)c(Cl)nc1Cl. The number of halogens is 6. The molecule has 50 heavy (non-hydrogen) atoms. The van der Waals surface area contributed by atoms with E-state index in [2.05, 4.69) is 44.4 Å². The minimum absolute atomic E-state index is 0.0285. The first-order valence-electron chi connectivity index (χ1n) is 14.2. The Kier molecular flexibility index (Phi) is 17.7. The fraction of sp³-hybridized carbons (Fsp3) is 0.258. The van der Waals surface area contributed by atoms with Gasteiger partial charge in [0.25, 0.3) is 11.8 Å². The highest BCUT2D eigenvalue weighted by atomic mass is 35.5. The molecule has 0 aliphatic rings. The average Bonchev–Trinajstić information content (AvgIpc) is 3.04. The van der Waals surface area contributed by atoms with Crippen LogP contribution in [-0.2, 0) is 0 Å². The minimum Gasteiger partial charge on any atom is -0.396 e. The summed E-state index contributed by atoms with van der Waals surface area (Å²) in [6, 6.07) is 5.54. The maximum Gasteiger partial charge on any atom is 0.326 e. The van der Waals surface area contributed by atoms with Crippen molar-refractivity contribution in [2.45, 2.75) is 49.3 Å². The van der Waals surface area contributed by atoms with Gasteiger partial charge in [0.15, 0.2) is 0 Å². The van der Waals surface area contributed by atoms with E-state index in [4.69, 9.17) is 81.1 Å². The number of nitrogens with two attached hydrogens (primary N) is 2. The van der Waals surface area contributed by atoms with Crippen molar-refractivity contribution in [2.24, 2.45) is 5.73 Å². The first-order chi connectivity index (χ1) is 23.4. The van der Waals surface area contributed by atoms with Crippen molar-refractivity contribution < 1.29 is 14.4 Å². The Balaban J connectivity index is 0.000000299. The number of rotatable bonds is 7. The quantitative estimate of drug-likeness (QED) is 0.103. The highest BCUT2D eigenvalue weighted by Gasteiger charge is 2.20. The molecule has 0 spiro atoms. The number of urea groups is 1. The van der Waals surface area contributed by atoms with Gasteiger partial charge in [-0.25, -0.2) is 14.8 Å². The van der Waals surface area contributed by atoms with Crippen LogP contribution >= 0.6 is 93.1 Å². The number of primary amides is 1. The summed E-state index contributed by atoms with van der Waals surface area (Å²) in [5.41, 5.74) is 14.0. The van der Waals surface area contributed by atoms with Crippen molar-refractivity contribution in [2.75, 3.05) is 23.6 Å². The zero-order valence-electron chi connectivity index (χ0n) is 27.4. The second kappa shape index (κ2) is 20.3. The number of hydrogen-bond donors (Lipinski definition) is 4. The number of hydrogen-bond acceptors (Lipinski definition) is 10. The van der Waals surface area contributed by atoms with Gasteiger partial charge in [-0.15, -0.1) is 23.5 Å². The van der Waals surface area contributed by atoms with Crippen LogP contribution in [0.3, 0.4) is 0 Å². The summed E-state index contributed by atoms with van der Waals surface area (Å²) in [6.45, 7) is 8.12. The number of nitrogens with zero attached hydrogens (tertiary/aromatic N) is 4. The van der Waals surface area contributed by atoms with Crippen molar-refractivity contribution in [1.29, 1.82) is 0 Å². The predicted octanol–water partition coefficient (Wildman–Crippen LogP) is 9.89. The molecule has 0 fully saturated rings. The molecule has 4 amide bonds. The van der Waals surface area contributed by atoms with Crippen molar-refractivity contribution in [3.63, 3.8) is 0 Å². The molecule has 0 bridgehead atoms. The number of amides is 4. The Labute approximate surface area is 328 Å². The van der Waals surface area contributed by atoms with Gasteiger partial charge in [0.05, 0.1) is 43.9 Å². The molecule has 0 aliphatic carbocycles. The number of anilines is 2. The van der Waals surface area contributed by atoms with Crippen LogP contribution in [0.4, 0.5) is 16.2 Å². The summed E-state index contributed by atoms with van der Waals surface area (Å²) >= 11 is 37.2. The maximum absolute atomic E-state index is 12.3. The lowest BCUT2D eigenvalue weighted by molar-refractivity contribution is 0.0964. The number of carbonyl (C=O) groups excluding carboxylic acids is 3. The largest absolute Gasteiger partial charge is 0.396 e. The van der Waals surface area contributed by atoms with Gasteiger partial charge in [-0.1, -0.05) is 97.3 Å². The third kappa shape index (κ3) is 12.2. The summed E-state index contributed by atoms with van der Waals surface area (Å²) < 4.78 is 0. The van der Waals surface area contributed by atoms with E-state index in [0.717, 1.165) is 21.2 Å². The fourth-order valence-electron chi connectivity index (χ4n) is 3.84. The molecule has 0 saturated carbocycles. The highest BCUT2D eigenvalue weighted by Crippen LogP contribution is 2.32. The number of pyridine rings is 4. The number of nitrogens with one attached hydrogen (secondary N) is 2. The predicted molar refractivity (Wildman–Crippen MR) is 208 cm³/mol. The number of aromatic nitrogens is 4. The molecule has 4 aromatic rings. The summed E-state index contributed by atoms with van der Waals surface area (Å²) in [7, 11) is 0. The Morgan fingerprint density at radius 3 is 1.66 bits per heavy atom. The van der Waals surface area contributed by atoms with Gasteiger partial charge in [0.1, 0.15) is 20.6 Å². The van der Waals surface area contributed by atoms with E-state index in [1.807, 2.05) is 38.6 Å². The first-order valence-corrected chi connectivity index (χ1v) is 18.9. The second-order valence-electron chi connectivity index (χ2n) is 10.4. The summed E-state index contributed by atoms with van der Waals surface area (Å²) in [6.07, 6.45) is 7.40. The Morgan fingerprint density at radius 2 is 1.18 bits per heavy atom. The zero-order chi connectivity index (χ0) is 37.9. The zero-order valence-corrected chi connectivity index (χ0v) is 33.5. The molecule has 0 aromatic carbocycles. The minimum atomic E-state index is -0.751. The van der Waals surface area contributed by atoms with E-state index < -0.39 is 17.8 Å². The lowest BCUT2D eigenvalue weighted by atomic mass is 10.1. The van der Waals surface area contributed by atoms with Crippen LogP contribution in [0.15, 0.2) is 46.5 Å². The van der Waals surface area contributed by atoms with Gasteiger partial charge in [0.2, 0.25) is 0 Å². The molecule has 4 rings (SSSR count). The smallest absolute Gasteiger partial charge is 0.326 e. The van der Waals surface area contributed by atoms with Crippen LogP contribution in [0.5, 0.6) is 0 Å². The van der Waals surface area contributed by atoms with Gasteiger partial charge in [0, 0.05) is 22.2 Å². The Bertz CT molecular complexity index is 1870. The molecule has 0 unspecified atom stereocenters. The van der Waals surface area contributed by atoms with E-state index >= 15 is 0 Å². The molecular weight excluding hydrogens is 809 g/mol. The highest BCUT2D eigenvalue weighted by molar-refractivity contribution is 7.99. The normalized spacial score (nSPS) is 10.5. The van der Waals surface area contributed by atoms with E-state index in [-0.39, 0.29) is 47.7 Å². The average molecular weight is 842 g/mol. The molecular formula is C31H32Cl6N8O3S2. The maximum atomic E-state index is 12.3. The summed E-state index contributed by atoms with van der Waals surface area (Å²) in [5.74, 6) is -0.954. The van der Waals surface area contributed by atoms with Crippen LogP contribution in [0.25, 0.3) is 0 Å². The molecule has 4 aromatic heterocycles. The topological polar surface area (TPSA) is 179 Å². The van der Waals surface area contributed by atoms with Crippen molar-refractivity contribution in [3.05, 3.63) is 89.8 Å². The molecule has 268 valence electrons. The number of nitrogen functional groups attached to an aromatic ring is 1. The number of carbonyl (C=O) groups is 3. The van der Waals surface area contributed by atoms with E-state index in [1.165, 1.54) is 23.9 Å². The third-order valence-electron chi connectivity index (χ3n) is 6.21. The molecule has 0 aliphatic heterocycles. The van der Waals surface area contributed by atoms with Crippen molar-refractivity contribution in [3.8, 4) is 0 Å². The van der Waals surface area contributed by atoms with Crippen LogP contribution < -0.4 is 22.1 Å². The van der Waals surface area contributed by atoms with Crippen molar-refractivity contribution >= 4 is 122 Å². The summed E-state index contributed by atoms with van der Waals surface area (Å²) in [4.78, 5) is 53.1. The van der Waals surface area contributed by atoms with Crippen LogP contribution in [0.1, 0.15) is 71.6 Å². The van der Waals surface area contributed by atoms with Gasteiger partial charge in [-0.3, -0.25) is 24.9 Å². The monoisotopic (exact) mass is 838 g/mol. The lowest BCUT2D eigenvalue weighted by Gasteiger charge is -2.16. The first kappa shape index (κ1) is 43.4. The van der Waals surface area contributed by atoms with E-state index in [0.29, 0.717) is 17.3 Å². The molecule has 4 heterocycles. The lowest BCUT2D eigenvalue weighted by Crippen LogP contribution is -2.35. The standard InChI is InChI=1S/C16H15Cl3N4O2S.C9H14N2S.C6H3Cl3N2O/c1-7(2)11-12(10(26-3)4-5-20-11)21-16(25)23-15(24)8-6-9(17)14(19)22-13(8)18;1-6(2)9-8(10)7(12-3)4-5-11-9;7-3-1-2(6(10)12)4(8)11-5(3)9/h4-7H,1-3H3,(H2,21,23,24,25);4-6H,10H2,1-3H3;1H,(H2,10,12). The van der Waals surface area contributed by atoms with Gasteiger partial charge < -0.3 is 16.8 Å². The third-order valence-corrected chi connectivity index (χ3v) is 9.70. The molecule has 0 atom stereocenters. The molecule has 6 N–H and O–H groups in total. The van der Waals surface area contributed by atoms with Gasteiger partial charge in [-0.05, 0) is 48.6 Å². The van der Waals surface area contributed by atoms with Crippen LogP contribution in [0, 0.1) is 0 Å². The Hall–Kier alpha value is -2.75. The van der Waals surface area contributed by atoms with Gasteiger partial charge >= 0.3 is 6.03 Å². The molecule has 0 saturated heterocycles. The molecule has 19 heteroatoms. The second-order valence-corrected chi connectivity index (χ2v) is 14.3. The molecule has 11 nitrogen and oxygen atoms in total. The summed E-state index contributed by atoms with van der Waals surface area (Å²) in [5, 5.41) is 4.90. The Morgan fingerprint density at radius 1 is 0.720 bits per heavy atom. The van der Waals surface area contributed by atoms with E-state index in [9.17, 15) is 14.4 Å². The number of thioether (sulfide) groups is 2. The van der Waals surface area contributed by atoms with Crippen LogP contribution in [0.2, 0.25) is 30.7 Å². The van der Waals surface area contributed by atoms with Crippen molar-refractivity contribution in [1.82, 2.24) is 25.3 Å². The number of imide groups is 1.